The third-order valence-electron chi connectivity index (χ3n) is 2.64. The van der Waals surface area contributed by atoms with Gasteiger partial charge in [-0.1, -0.05) is 18.2 Å². The molecule has 0 spiro atoms. The lowest BCUT2D eigenvalue weighted by Gasteiger charge is -2.15. The van der Waals surface area contributed by atoms with Gasteiger partial charge in [0.1, 0.15) is 6.04 Å². The lowest BCUT2D eigenvalue weighted by molar-refractivity contribution is -0.140. The zero-order valence-corrected chi connectivity index (χ0v) is 10.9. The number of para-hydroxylation sites is 1. The zero-order chi connectivity index (χ0) is 15.1. The van der Waals surface area contributed by atoms with E-state index < -0.39 is 24.0 Å². The molecule has 1 atom stereocenters. The van der Waals surface area contributed by atoms with Gasteiger partial charge in [-0.3, -0.25) is 4.79 Å². The molecule has 0 aliphatic carbocycles. The van der Waals surface area contributed by atoms with E-state index in [0.29, 0.717) is 5.69 Å². The van der Waals surface area contributed by atoms with Gasteiger partial charge in [0.05, 0.1) is 0 Å². The lowest BCUT2D eigenvalue weighted by atomic mass is 10.1. The second-order valence-electron chi connectivity index (χ2n) is 4.24. The maximum Gasteiger partial charge on any atom is 0.326 e. The van der Waals surface area contributed by atoms with E-state index in [1.165, 1.54) is 0 Å². The van der Waals surface area contributed by atoms with Crippen LogP contribution in [0.25, 0.3) is 0 Å². The first kappa shape index (κ1) is 15.5. The summed E-state index contributed by atoms with van der Waals surface area (Å²) >= 11 is 0. The Morgan fingerprint density at radius 2 is 1.85 bits per heavy atom. The first-order chi connectivity index (χ1) is 9.40. The van der Waals surface area contributed by atoms with E-state index in [9.17, 15) is 14.4 Å². The van der Waals surface area contributed by atoms with Crippen LogP contribution in [0.15, 0.2) is 24.3 Å². The number of carboxylic acids is 2. The second kappa shape index (κ2) is 7.13. The maximum atomic E-state index is 11.7. The number of carboxylic acid groups (broad SMARTS) is 2. The van der Waals surface area contributed by atoms with Gasteiger partial charge in [-0.05, 0) is 25.0 Å². The molecular formula is C13H16N2O5. The first-order valence-corrected chi connectivity index (χ1v) is 5.98. The molecule has 1 aromatic carbocycles. The molecule has 4 N–H and O–H groups in total. The molecule has 1 rings (SSSR count). The van der Waals surface area contributed by atoms with Crippen molar-refractivity contribution in [2.45, 2.75) is 25.8 Å². The van der Waals surface area contributed by atoms with Crippen molar-refractivity contribution in [1.29, 1.82) is 0 Å². The van der Waals surface area contributed by atoms with Gasteiger partial charge in [-0.2, -0.15) is 0 Å². The van der Waals surface area contributed by atoms with E-state index in [4.69, 9.17) is 10.2 Å². The third-order valence-corrected chi connectivity index (χ3v) is 2.64. The van der Waals surface area contributed by atoms with E-state index in [1.54, 1.807) is 25.1 Å². The zero-order valence-electron chi connectivity index (χ0n) is 10.9. The average molecular weight is 280 g/mol. The summed E-state index contributed by atoms with van der Waals surface area (Å²) in [6, 6.07) is 5.11. The highest BCUT2D eigenvalue weighted by Crippen LogP contribution is 2.12. The van der Waals surface area contributed by atoms with Crippen LogP contribution in [0.5, 0.6) is 0 Å². The number of urea groups is 1. The van der Waals surface area contributed by atoms with Gasteiger partial charge in [0.25, 0.3) is 0 Å². The van der Waals surface area contributed by atoms with Gasteiger partial charge in [0, 0.05) is 12.1 Å². The molecule has 0 radical (unpaired) electrons. The normalized spacial score (nSPS) is 11.4. The molecule has 2 amide bonds. The van der Waals surface area contributed by atoms with Crippen molar-refractivity contribution in [2.24, 2.45) is 0 Å². The van der Waals surface area contributed by atoms with E-state index in [1.807, 2.05) is 6.07 Å². The van der Waals surface area contributed by atoms with Crippen LogP contribution in [-0.4, -0.2) is 34.2 Å². The van der Waals surface area contributed by atoms with Gasteiger partial charge >= 0.3 is 18.0 Å². The number of carbonyl (C=O) groups excluding carboxylic acids is 1. The Morgan fingerprint density at radius 3 is 2.40 bits per heavy atom. The van der Waals surface area contributed by atoms with Crippen molar-refractivity contribution in [3.63, 3.8) is 0 Å². The van der Waals surface area contributed by atoms with E-state index >= 15 is 0 Å². The molecule has 0 unspecified atom stereocenters. The smallest absolute Gasteiger partial charge is 0.326 e. The number of amides is 2. The Morgan fingerprint density at radius 1 is 1.20 bits per heavy atom. The predicted octanol–water partition coefficient (Wildman–Crippen LogP) is 1.43. The molecule has 0 aliphatic rings. The highest BCUT2D eigenvalue weighted by Gasteiger charge is 2.21. The second-order valence-corrected chi connectivity index (χ2v) is 4.24. The Kier molecular flexibility index (Phi) is 5.52. The number of rotatable bonds is 6. The quantitative estimate of drug-likeness (QED) is 0.629. The molecule has 0 saturated heterocycles. The van der Waals surface area contributed by atoms with Crippen molar-refractivity contribution in [3.05, 3.63) is 29.8 Å². The van der Waals surface area contributed by atoms with Gasteiger partial charge in [0.15, 0.2) is 0 Å². The third kappa shape index (κ3) is 4.97. The molecule has 1 aromatic rings. The Labute approximate surface area is 115 Å². The summed E-state index contributed by atoms with van der Waals surface area (Å²) in [7, 11) is 0. The van der Waals surface area contributed by atoms with Crippen LogP contribution < -0.4 is 10.6 Å². The molecule has 0 fully saturated rings. The standard InChI is InChI=1S/C13H16N2O5/c1-8-4-2-3-5-9(8)14-13(20)15-10(12(18)19)6-7-11(16)17/h2-5,10H,6-7H2,1H3,(H,16,17)(H,18,19)(H2,14,15,20)/t10-/m0/s1. The highest BCUT2D eigenvalue weighted by atomic mass is 16.4. The van der Waals surface area contributed by atoms with Crippen molar-refractivity contribution < 1.29 is 24.6 Å². The molecule has 7 heteroatoms. The van der Waals surface area contributed by atoms with Gasteiger partial charge < -0.3 is 20.8 Å². The summed E-state index contributed by atoms with van der Waals surface area (Å²) in [6.45, 7) is 1.80. The Balaban J connectivity index is 2.60. The fourth-order valence-corrected chi connectivity index (χ4v) is 1.55. The first-order valence-electron chi connectivity index (χ1n) is 5.98. The predicted molar refractivity (Wildman–Crippen MR) is 71.6 cm³/mol. The molecular weight excluding hydrogens is 264 g/mol. The molecule has 0 saturated carbocycles. The fraction of sp³-hybridized carbons (Fsp3) is 0.308. The number of hydrogen-bond acceptors (Lipinski definition) is 3. The summed E-state index contributed by atoms with van der Waals surface area (Å²) in [5.74, 6) is -2.39. The summed E-state index contributed by atoms with van der Waals surface area (Å²) < 4.78 is 0. The van der Waals surface area contributed by atoms with Crippen LogP contribution in [0.3, 0.4) is 0 Å². The molecule has 0 heterocycles. The summed E-state index contributed by atoms with van der Waals surface area (Å²) in [4.78, 5) is 33.0. The number of nitrogens with one attached hydrogen (secondary N) is 2. The summed E-state index contributed by atoms with van der Waals surface area (Å²) in [5, 5.41) is 22.2. The highest BCUT2D eigenvalue weighted by molar-refractivity contribution is 5.92. The minimum atomic E-state index is -1.27. The maximum absolute atomic E-state index is 11.7. The molecule has 108 valence electrons. The van der Waals surface area contributed by atoms with Crippen LogP contribution in [0.1, 0.15) is 18.4 Å². The van der Waals surface area contributed by atoms with Crippen LogP contribution in [0.4, 0.5) is 10.5 Å². The van der Waals surface area contributed by atoms with Crippen molar-refractivity contribution >= 4 is 23.7 Å². The van der Waals surface area contributed by atoms with Crippen LogP contribution in [0.2, 0.25) is 0 Å². The average Bonchev–Trinajstić information content (AvgIpc) is 2.36. The number of aryl methyl sites for hydroxylation is 1. The number of anilines is 1. The van der Waals surface area contributed by atoms with Gasteiger partial charge in [-0.25, -0.2) is 9.59 Å². The molecule has 0 aromatic heterocycles. The van der Waals surface area contributed by atoms with Crippen LogP contribution >= 0.6 is 0 Å². The van der Waals surface area contributed by atoms with Crippen LogP contribution in [0, 0.1) is 6.92 Å². The molecule has 0 aliphatic heterocycles. The minimum absolute atomic E-state index is 0.175. The number of benzene rings is 1. The van der Waals surface area contributed by atoms with Crippen LogP contribution in [-0.2, 0) is 9.59 Å². The summed E-state index contributed by atoms with van der Waals surface area (Å²) in [6.07, 6.45) is -0.506. The topological polar surface area (TPSA) is 116 Å². The molecule has 7 nitrogen and oxygen atoms in total. The Bertz CT molecular complexity index is 515. The largest absolute Gasteiger partial charge is 0.481 e. The minimum Gasteiger partial charge on any atom is -0.481 e. The fourth-order valence-electron chi connectivity index (χ4n) is 1.55. The Hall–Kier alpha value is -2.57. The number of carbonyl (C=O) groups is 3. The van der Waals surface area contributed by atoms with Crippen molar-refractivity contribution in [2.75, 3.05) is 5.32 Å². The van der Waals surface area contributed by atoms with E-state index in [0.717, 1.165) is 5.56 Å². The van der Waals surface area contributed by atoms with E-state index in [-0.39, 0.29) is 12.8 Å². The monoisotopic (exact) mass is 280 g/mol. The SMILES string of the molecule is Cc1ccccc1NC(=O)N[C@@H](CCC(=O)O)C(=O)O. The number of hydrogen-bond donors (Lipinski definition) is 4. The number of aliphatic carboxylic acids is 2. The van der Waals surface area contributed by atoms with Gasteiger partial charge in [0.2, 0.25) is 0 Å². The van der Waals surface area contributed by atoms with Crippen molar-refractivity contribution in [1.82, 2.24) is 5.32 Å². The van der Waals surface area contributed by atoms with E-state index in [2.05, 4.69) is 10.6 Å². The lowest BCUT2D eigenvalue weighted by Crippen LogP contribution is -2.43. The van der Waals surface area contributed by atoms with Gasteiger partial charge in [-0.15, -0.1) is 0 Å². The summed E-state index contributed by atoms with van der Waals surface area (Å²) in [5.41, 5.74) is 1.40. The van der Waals surface area contributed by atoms with Crippen molar-refractivity contribution in [3.8, 4) is 0 Å². The molecule has 0 bridgehead atoms. The molecule has 20 heavy (non-hydrogen) atoms.